The Morgan fingerprint density at radius 1 is 1.06 bits per heavy atom. The van der Waals surface area contributed by atoms with Gasteiger partial charge in [0.1, 0.15) is 17.3 Å². The van der Waals surface area contributed by atoms with Crippen LogP contribution < -0.4 is 9.64 Å². The molecule has 0 saturated carbocycles. The van der Waals surface area contributed by atoms with E-state index in [9.17, 15) is 22.8 Å². The number of nitrogens with zero attached hydrogens (tertiary/aromatic N) is 1. The van der Waals surface area contributed by atoms with Crippen molar-refractivity contribution in [1.29, 1.82) is 0 Å². The molecule has 1 aliphatic heterocycles. The first-order chi connectivity index (χ1) is 15.3. The lowest BCUT2D eigenvalue weighted by Gasteiger charge is -2.13. The van der Waals surface area contributed by atoms with Gasteiger partial charge in [0.2, 0.25) is 0 Å². The van der Waals surface area contributed by atoms with Gasteiger partial charge >= 0.3 is 6.18 Å². The fourth-order valence-corrected chi connectivity index (χ4v) is 3.93. The number of imide groups is 1. The van der Waals surface area contributed by atoms with Crippen LogP contribution in [-0.2, 0) is 11.0 Å². The second-order valence-corrected chi connectivity index (χ2v) is 7.72. The molecule has 2 aromatic carbocycles. The fourth-order valence-electron chi connectivity index (χ4n) is 3.11. The van der Waals surface area contributed by atoms with Crippen molar-refractivity contribution in [2.24, 2.45) is 0 Å². The molecule has 4 rings (SSSR count). The molecular formula is C23H16F3NO4S. The zero-order valence-corrected chi connectivity index (χ0v) is 17.5. The largest absolute Gasteiger partial charge is 0.494 e. The van der Waals surface area contributed by atoms with Crippen LogP contribution in [0.5, 0.6) is 5.75 Å². The summed E-state index contributed by atoms with van der Waals surface area (Å²) in [5.74, 6) is 0.570. The predicted octanol–water partition coefficient (Wildman–Crippen LogP) is 6.61. The Labute approximate surface area is 185 Å². The van der Waals surface area contributed by atoms with Gasteiger partial charge in [-0.3, -0.25) is 9.59 Å². The maximum Gasteiger partial charge on any atom is 0.416 e. The minimum absolute atomic E-state index is 0.147. The number of thioether (sulfide) groups is 1. The molecule has 5 nitrogen and oxygen atoms in total. The summed E-state index contributed by atoms with van der Waals surface area (Å²) in [5, 5.41) is -0.463. The third-order valence-corrected chi connectivity index (χ3v) is 5.44. The second-order valence-electron chi connectivity index (χ2n) is 6.72. The van der Waals surface area contributed by atoms with Gasteiger partial charge in [0.05, 0.1) is 22.8 Å². The molecular weight excluding hydrogens is 443 g/mol. The number of amides is 2. The normalized spacial score (nSPS) is 15.6. The molecule has 1 fully saturated rings. The average molecular weight is 459 g/mol. The highest BCUT2D eigenvalue weighted by Gasteiger charge is 2.36. The first-order valence-corrected chi connectivity index (χ1v) is 10.4. The second kappa shape index (κ2) is 8.58. The maximum atomic E-state index is 13.0. The highest BCUT2D eigenvalue weighted by molar-refractivity contribution is 8.19. The summed E-state index contributed by atoms with van der Waals surface area (Å²) in [4.78, 5) is 26.4. The highest BCUT2D eigenvalue weighted by Crippen LogP contribution is 2.37. The molecule has 0 unspecified atom stereocenters. The lowest BCUT2D eigenvalue weighted by molar-refractivity contribution is -0.137. The molecule has 0 N–H and O–H groups in total. The van der Waals surface area contributed by atoms with Gasteiger partial charge in [-0.1, -0.05) is 12.1 Å². The lowest BCUT2D eigenvalue weighted by Crippen LogP contribution is -2.27. The van der Waals surface area contributed by atoms with Gasteiger partial charge in [0.25, 0.3) is 11.1 Å². The van der Waals surface area contributed by atoms with Gasteiger partial charge in [-0.25, -0.2) is 4.90 Å². The number of furan rings is 1. The fraction of sp³-hybridized carbons (Fsp3) is 0.130. The van der Waals surface area contributed by atoms with Gasteiger partial charge < -0.3 is 9.15 Å². The number of carbonyl (C=O) groups excluding carboxylic acids is 2. The van der Waals surface area contributed by atoms with Crippen LogP contribution in [0.1, 0.15) is 18.2 Å². The van der Waals surface area contributed by atoms with E-state index in [-0.39, 0.29) is 22.0 Å². The first kappa shape index (κ1) is 21.8. The zero-order valence-electron chi connectivity index (χ0n) is 16.7. The quantitative estimate of drug-likeness (QED) is 0.402. The van der Waals surface area contributed by atoms with Crippen molar-refractivity contribution in [3.8, 4) is 17.1 Å². The van der Waals surface area contributed by atoms with E-state index in [1.165, 1.54) is 30.3 Å². The average Bonchev–Trinajstić information content (AvgIpc) is 3.33. The summed E-state index contributed by atoms with van der Waals surface area (Å²) in [7, 11) is 0. The number of benzene rings is 2. The summed E-state index contributed by atoms with van der Waals surface area (Å²) in [6.07, 6.45) is -3.07. The number of hydrogen-bond donors (Lipinski definition) is 0. The van der Waals surface area contributed by atoms with Gasteiger partial charge in [-0.2, -0.15) is 13.2 Å². The van der Waals surface area contributed by atoms with Crippen LogP contribution >= 0.6 is 11.8 Å². The Balaban J connectivity index is 1.56. The van der Waals surface area contributed by atoms with E-state index >= 15 is 0 Å². The lowest BCUT2D eigenvalue weighted by atomic mass is 10.1. The Kier molecular flexibility index (Phi) is 5.84. The molecule has 0 spiro atoms. The number of ether oxygens (including phenoxy) is 1. The molecule has 1 aliphatic rings. The van der Waals surface area contributed by atoms with E-state index in [1.807, 2.05) is 6.92 Å². The van der Waals surface area contributed by atoms with Crippen molar-refractivity contribution in [2.75, 3.05) is 11.5 Å². The van der Waals surface area contributed by atoms with E-state index in [0.29, 0.717) is 18.0 Å². The molecule has 0 radical (unpaired) electrons. The number of hydrogen-bond acceptors (Lipinski definition) is 5. The molecule has 0 atom stereocenters. The van der Waals surface area contributed by atoms with Crippen LogP contribution in [-0.4, -0.2) is 17.8 Å². The maximum absolute atomic E-state index is 13.0. The number of carbonyl (C=O) groups is 2. The molecule has 1 saturated heterocycles. The summed E-state index contributed by atoms with van der Waals surface area (Å²) in [6.45, 7) is 2.34. The van der Waals surface area contributed by atoms with Crippen LogP contribution in [0.3, 0.4) is 0 Å². The van der Waals surface area contributed by atoms with Crippen molar-refractivity contribution >= 4 is 34.7 Å². The Bertz CT molecular complexity index is 1200. The molecule has 32 heavy (non-hydrogen) atoms. The number of anilines is 1. The summed E-state index contributed by atoms with van der Waals surface area (Å²) in [6, 6.07) is 14.4. The van der Waals surface area contributed by atoms with E-state index < -0.39 is 22.9 Å². The summed E-state index contributed by atoms with van der Waals surface area (Å²) < 4.78 is 49.8. The summed E-state index contributed by atoms with van der Waals surface area (Å²) in [5.41, 5.74) is -0.130. The van der Waals surface area contributed by atoms with Crippen molar-refractivity contribution in [3.05, 3.63) is 76.9 Å². The van der Waals surface area contributed by atoms with Crippen LogP contribution in [0, 0.1) is 0 Å². The Morgan fingerprint density at radius 3 is 2.50 bits per heavy atom. The molecule has 1 aromatic heterocycles. The van der Waals surface area contributed by atoms with Crippen molar-refractivity contribution in [2.45, 2.75) is 13.1 Å². The molecule has 164 valence electrons. The Morgan fingerprint density at radius 2 is 1.81 bits per heavy atom. The molecule has 0 aliphatic carbocycles. The minimum Gasteiger partial charge on any atom is -0.494 e. The van der Waals surface area contributed by atoms with Crippen molar-refractivity contribution < 1.29 is 31.9 Å². The molecule has 2 heterocycles. The molecule has 9 heteroatoms. The molecule has 3 aromatic rings. The van der Waals surface area contributed by atoms with Gasteiger partial charge in [0, 0.05) is 11.6 Å². The van der Waals surface area contributed by atoms with Crippen LogP contribution in [0.25, 0.3) is 17.4 Å². The smallest absolute Gasteiger partial charge is 0.416 e. The number of halogens is 3. The first-order valence-electron chi connectivity index (χ1n) is 9.54. The predicted molar refractivity (Wildman–Crippen MR) is 115 cm³/mol. The van der Waals surface area contributed by atoms with Crippen LogP contribution in [0.15, 0.2) is 70.0 Å². The minimum atomic E-state index is -4.47. The van der Waals surface area contributed by atoms with E-state index in [1.54, 1.807) is 24.3 Å². The van der Waals surface area contributed by atoms with Gasteiger partial charge in [-0.15, -0.1) is 0 Å². The monoisotopic (exact) mass is 459 g/mol. The third kappa shape index (κ3) is 4.43. The number of rotatable bonds is 5. The number of alkyl halides is 3. The van der Waals surface area contributed by atoms with E-state index in [4.69, 9.17) is 9.15 Å². The highest BCUT2D eigenvalue weighted by atomic mass is 32.2. The van der Waals surface area contributed by atoms with E-state index in [0.717, 1.165) is 28.8 Å². The molecule has 2 amide bonds. The van der Waals surface area contributed by atoms with Crippen molar-refractivity contribution in [1.82, 2.24) is 0 Å². The zero-order chi connectivity index (χ0) is 22.9. The SMILES string of the molecule is CCOc1ccc(N2C(=O)S/C(=C/c3ccc(-c4cccc(C(F)(F)F)c4)o3)C2=O)cc1. The van der Waals surface area contributed by atoms with Gasteiger partial charge in [0.15, 0.2) is 0 Å². The molecule has 0 bridgehead atoms. The third-order valence-electron chi connectivity index (χ3n) is 4.57. The standard InChI is InChI=1S/C23H16F3NO4S/c1-2-30-17-8-6-16(7-9-17)27-21(28)20(32-22(27)29)13-18-10-11-19(31-18)14-4-3-5-15(12-14)23(24,25)26/h3-13H,2H2,1H3/b20-13+. The topological polar surface area (TPSA) is 59.8 Å². The van der Waals surface area contributed by atoms with Crippen LogP contribution in [0.4, 0.5) is 23.7 Å². The van der Waals surface area contributed by atoms with Crippen molar-refractivity contribution in [3.63, 3.8) is 0 Å². The summed E-state index contributed by atoms with van der Waals surface area (Å²) >= 11 is 0.755. The van der Waals surface area contributed by atoms with Crippen LogP contribution in [0.2, 0.25) is 0 Å². The van der Waals surface area contributed by atoms with E-state index in [2.05, 4.69) is 0 Å². The van der Waals surface area contributed by atoms with Gasteiger partial charge in [-0.05, 0) is 67.2 Å². The Hall–Kier alpha value is -3.46.